The van der Waals surface area contributed by atoms with Crippen LogP contribution >= 0.6 is 0 Å². The first kappa shape index (κ1) is 20.6. The number of fused-ring (bicyclic) bond motifs is 4. The fourth-order valence-electron chi connectivity index (χ4n) is 6.23. The van der Waals surface area contributed by atoms with Gasteiger partial charge < -0.3 is 20.1 Å². The van der Waals surface area contributed by atoms with E-state index < -0.39 is 17.7 Å². The number of hydrogen-bond acceptors (Lipinski definition) is 5. The van der Waals surface area contributed by atoms with Gasteiger partial charge in [-0.25, -0.2) is 0 Å². The number of carbonyl (C=O) groups is 1. The highest BCUT2D eigenvalue weighted by Crippen LogP contribution is 2.73. The molecular weight excluding hydrogens is 344 g/mol. The molecule has 9 atom stereocenters. The number of hydrogen-bond donors (Lipinski definition) is 3. The molecule has 0 saturated heterocycles. The van der Waals surface area contributed by atoms with Gasteiger partial charge in [0.2, 0.25) is 0 Å². The van der Waals surface area contributed by atoms with E-state index >= 15 is 0 Å². The molecule has 3 saturated carbocycles. The predicted molar refractivity (Wildman–Crippen MR) is 103 cm³/mol. The molecule has 27 heavy (non-hydrogen) atoms. The highest BCUT2D eigenvalue weighted by Gasteiger charge is 2.70. The Labute approximate surface area is 162 Å². The molecule has 0 aromatic rings. The summed E-state index contributed by atoms with van der Waals surface area (Å²) in [7, 11) is 0. The Morgan fingerprint density at radius 3 is 2.74 bits per heavy atom. The van der Waals surface area contributed by atoms with Gasteiger partial charge in [-0.3, -0.25) is 4.79 Å². The molecule has 5 nitrogen and oxygen atoms in total. The highest BCUT2D eigenvalue weighted by atomic mass is 16.5. The van der Waals surface area contributed by atoms with E-state index in [1.165, 1.54) is 38.8 Å². The molecule has 3 aliphatic carbocycles. The zero-order valence-electron chi connectivity index (χ0n) is 16.9. The van der Waals surface area contributed by atoms with Crippen molar-refractivity contribution in [2.24, 2.45) is 35.0 Å². The summed E-state index contributed by atoms with van der Waals surface area (Å²) in [5.74, 6) is 1.85. The van der Waals surface area contributed by atoms with Gasteiger partial charge in [0.15, 0.2) is 0 Å². The summed E-state index contributed by atoms with van der Waals surface area (Å²) < 4.78 is 4.85. The number of rotatable bonds is 6. The molecule has 5 heteroatoms. The van der Waals surface area contributed by atoms with Gasteiger partial charge in [0.25, 0.3) is 0 Å². The Hall–Kier alpha value is -1.17. The lowest BCUT2D eigenvalue weighted by Gasteiger charge is -2.58. The zero-order valence-corrected chi connectivity index (χ0v) is 16.9. The fourth-order valence-corrected chi connectivity index (χ4v) is 6.23. The van der Waals surface area contributed by atoms with Crippen LogP contribution < -0.4 is 0 Å². The molecule has 3 aliphatic rings. The van der Waals surface area contributed by atoms with Crippen molar-refractivity contribution in [3.63, 3.8) is 0 Å². The first-order valence-electron chi connectivity index (χ1n) is 10.1. The molecule has 152 valence electrons. The summed E-state index contributed by atoms with van der Waals surface area (Å²) in [5, 5.41) is 31.7. The Bertz CT molecular complexity index is 639. The van der Waals surface area contributed by atoms with Crippen LogP contribution in [-0.4, -0.2) is 45.7 Å². The Balaban J connectivity index is 1.68. The fraction of sp³-hybridized carbons (Fsp3) is 0.773. The van der Waals surface area contributed by atoms with E-state index in [9.17, 15) is 20.1 Å². The van der Waals surface area contributed by atoms with Crippen molar-refractivity contribution >= 4 is 5.97 Å². The van der Waals surface area contributed by atoms with E-state index in [1.807, 2.05) is 0 Å². The van der Waals surface area contributed by atoms with E-state index in [4.69, 9.17) is 4.74 Å². The van der Waals surface area contributed by atoms with E-state index in [2.05, 4.69) is 20.4 Å². The van der Waals surface area contributed by atoms with Gasteiger partial charge in [0.1, 0.15) is 12.2 Å². The third-order valence-corrected chi connectivity index (χ3v) is 7.68. The van der Waals surface area contributed by atoms with Gasteiger partial charge in [-0.05, 0) is 54.9 Å². The number of carbonyl (C=O) groups excluding carboxylic acids is 1. The summed E-state index contributed by atoms with van der Waals surface area (Å²) >= 11 is 0. The quantitative estimate of drug-likeness (QED) is 0.488. The molecule has 0 radical (unpaired) electrons. The standard InChI is InChI=1S/C22H34O5/c1-12-6-7-16-19(12)20-15(10-18(25)22(16,20)5)13(2)17(24)8-9-21(4,26)11-27-14(3)23/h8-9,12,15-20,24-26H,2,6-7,10-11H2,1,3-5H3/b9-8-/t12-,15+,16+,17?,18-,19-,20+,21?,22+/m1/s1. The van der Waals surface area contributed by atoms with Crippen LogP contribution in [0.3, 0.4) is 0 Å². The van der Waals surface area contributed by atoms with Crippen molar-refractivity contribution in [2.75, 3.05) is 6.61 Å². The first-order chi connectivity index (χ1) is 12.5. The summed E-state index contributed by atoms with van der Waals surface area (Å²) in [5.41, 5.74) is -0.703. The van der Waals surface area contributed by atoms with Crippen molar-refractivity contribution in [3.8, 4) is 0 Å². The zero-order chi connectivity index (χ0) is 20.1. The normalized spacial score (nSPS) is 43.5. The second kappa shape index (κ2) is 7.02. The summed E-state index contributed by atoms with van der Waals surface area (Å²) in [6.45, 7) is 11.3. The average molecular weight is 379 g/mol. The van der Waals surface area contributed by atoms with E-state index in [1.54, 1.807) is 0 Å². The van der Waals surface area contributed by atoms with Crippen molar-refractivity contribution in [1.29, 1.82) is 0 Å². The smallest absolute Gasteiger partial charge is 0.302 e. The molecule has 0 aromatic carbocycles. The van der Waals surface area contributed by atoms with Crippen molar-refractivity contribution in [3.05, 3.63) is 24.3 Å². The van der Waals surface area contributed by atoms with Crippen LogP contribution in [0.1, 0.15) is 47.0 Å². The minimum Gasteiger partial charge on any atom is -0.462 e. The van der Waals surface area contributed by atoms with E-state index in [0.29, 0.717) is 35.7 Å². The van der Waals surface area contributed by atoms with Gasteiger partial charge in [-0.15, -0.1) is 0 Å². The number of aliphatic hydroxyl groups is 3. The minimum absolute atomic E-state index is 0.0622. The minimum atomic E-state index is -1.35. The van der Waals surface area contributed by atoms with Gasteiger partial charge in [-0.1, -0.05) is 39.0 Å². The van der Waals surface area contributed by atoms with Crippen LogP contribution in [0.4, 0.5) is 0 Å². The lowest BCUT2D eigenvalue weighted by atomic mass is 9.46. The Morgan fingerprint density at radius 1 is 1.44 bits per heavy atom. The number of aliphatic hydroxyl groups excluding tert-OH is 2. The van der Waals surface area contributed by atoms with Crippen LogP contribution in [0.25, 0.3) is 0 Å². The second-order valence-corrected chi connectivity index (χ2v) is 9.50. The first-order valence-corrected chi connectivity index (χ1v) is 10.1. The van der Waals surface area contributed by atoms with Crippen LogP contribution in [0.2, 0.25) is 0 Å². The molecule has 2 unspecified atom stereocenters. The predicted octanol–water partition coefficient (Wildman–Crippen LogP) is 2.45. The summed E-state index contributed by atoms with van der Waals surface area (Å²) in [4.78, 5) is 10.9. The van der Waals surface area contributed by atoms with Crippen molar-refractivity contribution in [1.82, 2.24) is 0 Å². The van der Waals surface area contributed by atoms with Gasteiger partial charge in [-0.2, -0.15) is 0 Å². The monoisotopic (exact) mass is 378 g/mol. The Morgan fingerprint density at radius 2 is 2.11 bits per heavy atom. The van der Waals surface area contributed by atoms with E-state index in [0.717, 1.165) is 0 Å². The maximum absolute atomic E-state index is 10.9. The largest absolute Gasteiger partial charge is 0.462 e. The summed E-state index contributed by atoms with van der Waals surface area (Å²) in [6.07, 6.45) is 4.78. The molecule has 0 aromatic heterocycles. The van der Waals surface area contributed by atoms with Crippen molar-refractivity contribution in [2.45, 2.75) is 64.8 Å². The maximum atomic E-state index is 10.9. The number of esters is 1. The molecule has 3 rings (SSSR count). The van der Waals surface area contributed by atoms with E-state index in [-0.39, 0.29) is 24.0 Å². The highest BCUT2D eigenvalue weighted by molar-refractivity contribution is 5.66. The summed E-state index contributed by atoms with van der Waals surface area (Å²) in [6, 6.07) is 0. The molecule has 3 fully saturated rings. The molecule has 0 spiro atoms. The van der Waals surface area contributed by atoms with Crippen molar-refractivity contribution < 1.29 is 24.9 Å². The molecule has 0 heterocycles. The average Bonchev–Trinajstić information content (AvgIpc) is 3.03. The van der Waals surface area contributed by atoms with Crippen LogP contribution in [0.5, 0.6) is 0 Å². The SMILES string of the molecule is C=C(C(O)/C=C\C(C)(O)COC(C)=O)[C@@H]1C[C@@H](O)[C@@]2(C)[C@@H]1[C@@H]1[C@H](C)CC[C@@H]12. The molecule has 3 N–H and O–H groups in total. The van der Waals surface area contributed by atoms with Gasteiger partial charge >= 0.3 is 5.97 Å². The maximum Gasteiger partial charge on any atom is 0.302 e. The van der Waals surface area contributed by atoms with Gasteiger partial charge in [0.05, 0.1) is 12.2 Å². The lowest BCUT2D eigenvalue weighted by molar-refractivity contribution is -0.145. The topological polar surface area (TPSA) is 87.0 Å². The lowest BCUT2D eigenvalue weighted by Crippen LogP contribution is -2.57. The molecule has 0 bridgehead atoms. The Kier molecular flexibility index (Phi) is 5.34. The van der Waals surface area contributed by atoms with Crippen LogP contribution in [0, 0.1) is 35.0 Å². The second-order valence-electron chi connectivity index (χ2n) is 9.50. The van der Waals surface area contributed by atoms with Gasteiger partial charge in [0, 0.05) is 12.3 Å². The molecule has 0 amide bonds. The molecule has 0 aliphatic heterocycles. The third kappa shape index (κ3) is 3.39. The van der Waals surface area contributed by atoms with Crippen LogP contribution in [0.15, 0.2) is 24.3 Å². The van der Waals surface area contributed by atoms with Crippen LogP contribution in [-0.2, 0) is 9.53 Å². The third-order valence-electron chi connectivity index (χ3n) is 7.68. The number of ether oxygens (including phenoxy) is 1. The molecular formula is C22H34O5.